The Morgan fingerprint density at radius 3 is 2.56 bits per heavy atom. The molecule has 0 saturated heterocycles. The van der Waals surface area contributed by atoms with Crippen molar-refractivity contribution in [3.8, 4) is 0 Å². The number of rotatable bonds is 7. The maximum Gasteiger partial charge on any atom is 0.244 e. The molecule has 0 spiro atoms. The predicted molar refractivity (Wildman–Crippen MR) is 108 cm³/mol. The molecule has 3 aromatic rings. The summed E-state index contributed by atoms with van der Waals surface area (Å²) in [6, 6.07) is 16.9. The lowest BCUT2D eigenvalue weighted by atomic mass is 10.0. The third kappa shape index (κ3) is 5.15. The highest BCUT2D eigenvalue weighted by Gasteiger charge is 2.14. The number of carbonyl (C=O) groups is 1. The highest BCUT2D eigenvalue weighted by atomic mass is 32.2. The summed E-state index contributed by atoms with van der Waals surface area (Å²) in [5.74, 6) is 0.588. The highest BCUT2D eigenvalue weighted by Crippen LogP contribution is 2.21. The molecule has 27 heavy (non-hydrogen) atoms. The number of nitrogens with one attached hydrogen (secondary N) is 1. The topological polar surface area (TPSA) is 77.9 Å². The fourth-order valence-corrected chi connectivity index (χ4v) is 3.12. The van der Waals surface area contributed by atoms with Gasteiger partial charge < -0.3 is 9.87 Å². The minimum absolute atomic E-state index is 0.0177. The summed E-state index contributed by atoms with van der Waals surface area (Å²) < 4.78 is 11.4. The minimum atomic E-state index is -1.10. The first-order valence-electron chi connectivity index (χ1n) is 8.64. The molecule has 3 rings (SSSR count). The van der Waals surface area contributed by atoms with E-state index >= 15 is 0 Å². The lowest BCUT2D eigenvalue weighted by molar-refractivity contribution is 0.0983. The van der Waals surface area contributed by atoms with Gasteiger partial charge in [0.15, 0.2) is 5.78 Å². The number of ketones is 1. The number of hydrogen-bond acceptors (Lipinski definition) is 5. The first kappa shape index (κ1) is 19.1. The van der Waals surface area contributed by atoms with E-state index in [0.29, 0.717) is 29.2 Å². The molecule has 0 bridgehead atoms. The Kier molecular flexibility index (Phi) is 6.21. The molecule has 0 radical (unpaired) electrons. The van der Waals surface area contributed by atoms with E-state index in [-0.39, 0.29) is 5.78 Å². The van der Waals surface area contributed by atoms with E-state index in [1.54, 1.807) is 18.5 Å². The Hall–Kier alpha value is -2.70. The second kappa shape index (κ2) is 8.79. The van der Waals surface area contributed by atoms with Gasteiger partial charge in [-0.3, -0.25) is 4.79 Å². The van der Waals surface area contributed by atoms with Crippen molar-refractivity contribution in [3.63, 3.8) is 0 Å². The summed E-state index contributed by atoms with van der Waals surface area (Å²) in [5, 5.41) is 3.78. The van der Waals surface area contributed by atoms with Gasteiger partial charge in [0.05, 0.1) is 5.56 Å². The van der Waals surface area contributed by atoms with Gasteiger partial charge in [0, 0.05) is 41.2 Å². The van der Waals surface area contributed by atoms with Gasteiger partial charge in [0.2, 0.25) is 5.03 Å². The molecule has 5 nitrogen and oxygen atoms in total. The molecule has 2 heterocycles. The Morgan fingerprint density at radius 2 is 1.89 bits per heavy atom. The number of hydrogen-bond donors (Lipinski definition) is 1. The Bertz CT molecular complexity index is 912. The summed E-state index contributed by atoms with van der Waals surface area (Å²) in [4.78, 5) is 21.4. The number of aromatic nitrogens is 2. The van der Waals surface area contributed by atoms with Gasteiger partial charge in [-0.15, -0.1) is 0 Å². The van der Waals surface area contributed by atoms with Crippen LogP contribution in [-0.4, -0.2) is 26.6 Å². The standard InChI is InChI=1S/C21H21N3O2S/c1-15-8-11-18(21(23-15)24-17-6-4-3-5-7-17)19(25)12-9-16-10-13-20(22-14-16)27(2)26/h3-8,10-11,13-14H,9,12H2,1-2H3,(H,23,24). The molecule has 1 N–H and O–H groups in total. The molecule has 2 aromatic heterocycles. The van der Waals surface area contributed by atoms with Crippen molar-refractivity contribution >= 4 is 28.5 Å². The molecule has 0 saturated carbocycles. The van der Waals surface area contributed by atoms with Crippen LogP contribution in [0.15, 0.2) is 65.8 Å². The van der Waals surface area contributed by atoms with Crippen molar-refractivity contribution < 1.29 is 9.35 Å². The van der Waals surface area contributed by atoms with Gasteiger partial charge in [-0.2, -0.15) is 0 Å². The van der Waals surface area contributed by atoms with E-state index in [2.05, 4.69) is 15.3 Å². The van der Waals surface area contributed by atoms with Crippen molar-refractivity contribution in [1.82, 2.24) is 9.97 Å². The molecule has 0 aliphatic rings. The summed E-state index contributed by atoms with van der Waals surface area (Å²) in [6.45, 7) is 1.90. The lowest BCUT2D eigenvalue weighted by Crippen LogP contribution is -2.08. The van der Waals surface area contributed by atoms with Crippen LogP contribution in [0.2, 0.25) is 0 Å². The van der Waals surface area contributed by atoms with Gasteiger partial charge >= 0.3 is 0 Å². The summed E-state index contributed by atoms with van der Waals surface area (Å²) in [7, 11) is 0. The molecular weight excluding hydrogens is 358 g/mol. The van der Waals surface area contributed by atoms with Crippen molar-refractivity contribution in [1.29, 1.82) is 0 Å². The van der Waals surface area contributed by atoms with Gasteiger partial charge in [-0.05, 0) is 43.2 Å². The average molecular weight is 379 g/mol. The fourth-order valence-electron chi connectivity index (χ4n) is 2.66. The number of benzene rings is 1. The Balaban J connectivity index is 1.72. The zero-order valence-electron chi connectivity index (χ0n) is 15.3. The van der Waals surface area contributed by atoms with E-state index in [1.807, 2.05) is 55.5 Å². The molecule has 1 unspecified atom stereocenters. The molecule has 6 heteroatoms. The molecule has 0 fully saturated rings. The molecule has 1 aromatic carbocycles. The van der Waals surface area contributed by atoms with Crippen LogP contribution in [0.5, 0.6) is 0 Å². The maximum absolute atomic E-state index is 12.8. The molecule has 0 aliphatic carbocycles. The zero-order chi connectivity index (χ0) is 19.2. The normalized spacial score (nSPS) is 11.8. The maximum atomic E-state index is 12.8. The van der Waals surface area contributed by atoms with E-state index in [0.717, 1.165) is 16.9 Å². The number of anilines is 2. The summed E-state index contributed by atoms with van der Waals surface area (Å²) in [6.07, 6.45) is 4.20. The van der Waals surface area contributed by atoms with Gasteiger partial charge in [0.25, 0.3) is 0 Å². The van der Waals surface area contributed by atoms with Crippen LogP contribution in [0.3, 0.4) is 0 Å². The fraction of sp³-hybridized carbons (Fsp3) is 0.190. The molecule has 0 aliphatic heterocycles. The van der Waals surface area contributed by atoms with Crippen LogP contribution in [0.1, 0.15) is 28.0 Å². The van der Waals surface area contributed by atoms with E-state index in [1.165, 1.54) is 0 Å². The first-order chi connectivity index (χ1) is 13.0. The van der Waals surface area contributed by atoms with Crippen molar-refractivity contribution in [2.45, 2.75) is 24.8 Å². The largest absolute Gasteiger partial charge is 0.610 e. The Labute approximate surface area is 162 Å². The van der Waals surface area contributed by atoms with Gasteiger partial charge in [0.1, 0.15) is 12.1 Å². The first-order valence-corrected chi connectivity index (χ1v) is 10.2. The highest BCUT2D eigenvalue weighted by molar-refractivity contribution is 7.90. The van der Waals surface area contributed by atoms with Crippen molar-refractivity contribution in [3.05, 3.63) is 77.6 Å². The second-order valence-corrected chi connectivity index (χ2v) is 7.55. The van der Waals surface area contributed by atoms with Crippen LogP contribution < -0.4 is 5.32 Å². The smallest absolute Gasteiger partial charge is 0.244 e. The number of pyridine rings is 2. The van der Waals surface area contributed by atoms with Crippen molar-refractivity contribution in [2.24, 2.45) is 0 Å². The monoisotopic (exact) mass is 379 g/mol. The van der Waals surface area contributed by atoms with Crippen molar-refractivity contribution in [2.75, 3.05) is 11.6 Å². The molecular formula is C21H21N3O2S. The van der Waals surface area contributed by atoms with E-state index in [9.17, 15) is 9.35 Å². The van der Waals surface area contributed by atoms with E-state index < -0.39 is 11.2 Å². The number of carbonyl (C=O) groups excluding carboxylic acids is 1. The van der Waals surface area contributed by atoms with Crippen LogP contribution in [0, 0.1) is 6.92 Å². The quantitative estimate of drug-likeness (QED) is 0.494. The zero-order valence-corrected chi connectivity index (χ0v) is 16.1. The lowest BCUT2D eigenvalue weighted by Gasteiger charge is -2.11. The summed E-state index contributed by atoms with van der Waals surface area (Å²) in [5.41, 5.74) is 3.24. The predicted octanol–water partition coefficient (Wildman–Crippen LogP) is 4.08. The van der Waals surface area contributed by atoms with Crippen LogP contribution >= 0.6 is 0 Å². The summed E-state index contributed by atoms with van der Waals surface area (Å²) >= 11 is -1.10. The van der Waals surface area contributed by atoms with Gasteiger partial charge in [-0.1, -0.05) is 24.3 Å². The van der Waals surface area contributed by atoms with Crippen LogP contribution in [0.25, 0.3) is 0 Å². The number of aryl methyl sites for hydroxylation is 2. The number of para-hydroxylation sites is 1. The van der Waals surface area contributed by atoms with Gasteiger partial charge in [-0.25, -0.2) is 9.97 Å². The number of nitrogens with zero attached hydrogens (tertiary/aromatic N) is 2. The second-order valence-electron chi connectivity index (χ2n) is 6.22. The van der Waals surface area contributed by atoms with Crippen LogP contribution in [0.4, 0.5) is 11.5 Å². The average Bonchev–Trinajstić information content (AvgIpc) is 2.67. The third-order valence-corrected chi connectivity index (χ3v) is 4.93. The third-order valence-electron chi connectivity index (χ3n) is 4.10. The molecule has 1 atom stereocenters. The Morgan fingerprint density at radius 1 is 1.11 bits per heavy atom. The number of Topliss-reactive ketones (excluding diaryl/α,β-unsaturated/α-hetero) is 1. The SMILES string of the molecule is Cc1ccc(C(=O)CCc2ccc([S+](C)[O-])nc2)c(Nc2ccccc2)n1. The molecule has 0 amide bonds. The molecule has 138 valence electrons. The minimum Gasteiger partial charge on any atom is -0.610 e. The van der Waals surface area contributed by atoms with E-state index in [4.69, 9.17) is 0 Å². The van der Waals surface area contributed by atoms with Crippen LogP contribution in [-0.2, 0) is 17.6 Å².